The molecule has 0 amide bonds. The van der Waals surface area contributed by atoms with Crippen LogP contribution in [0.15, 0.2) is 18.2 Å². The molecular formula is C18H25ClFNO4Si. The minimum atomic E-state index is -2.03. The second-order valence-electron chi connectivity index (χ2n) is 8.04. The molecule has 0 spiro atoms. The molecule has 0 aliphatic carbocycles. The molecule has 144 valence electrons. The summed E-state index contributed by atoms with van der Waals surface area (Å²) in [7, 11) is -2.03. The van der Waals surface area contributed by atoms with Crippen LogP contribution >= 0.6 is 11.6 Å². The number of hydrogen-bond donors (Lipinski definition) is 2. The summed E-state index contributed by atoms with van der Waals surface area (Å²) in [6, 6.07) is 5.00. The minimum Gasteiger partial charge on any atom is -0.486 e. The maximum Gasteiger partial charge on any atom is 0.326 e. The number of rotatable bonds is 6. The molecule has 1 fully saturated rings. The zero-order chi connectivity index (χ0) is 19.7. The smallest absolute Gasteiger partial charge is 0.326 e. The monoisotopic (exact) mass is 401 g/mol. The van der Waals surface area contributed by atoms with Crippen LogP contribution in [0.5, 0.6) is 0 Å². The molecule has 5 nitrogen and oxygen atoms in total. The molecule has 2 rings (SSSR count). The Morgan fingerprint density at radius 1 is 1.42 bits per heavy atom. The van der Waals surface area contributed by atoms with Gasteiger partial charge in [0.25, 0.3) is 5.59 Å². The fourth-order valence-corrected chi connectivity index (χ4v) is 5.36. The van der Waals surface area contributed by atoms with Crippen molar-refractivity contribution in [2.75, 3.05) is 0 Å². The summed E-state index contributed by atoms with van der Waals surface area (Å²) in [5.41, 5.74) is -1.39. The van der Waals surface area contributed by atoms with Crippen LogP contribution in [0.3, 0.4) is 0 Å². The predicted octanol–water partition coefficient (Wildman–Crippen LogP) is 3.79. The van der Waals surface area contributed by atoms with E-state index >= 15 is 0 Å². The van der Waals surface area contributed by atoms with Crippen molar-refractivity contribution >= 4 is 32.0 Å². The summed E-state index contributed by atoms with van der Waals surface area (Å²) >= 11 is 5.68. The lowest BCUT2D eigenvalue weighted by Gasteiger charge is -2.44. The van der Waals surface area contributed by atoms with E-state index in [2.05, 4.69) is 5.32 Å². The normalized spacial score (nSPS) is 23.8. The summed E-state index contributed by atoms with van der Waals surface area (Å²) in [4.78, 5) is 24.0. The Morgan fingerprint density at radius 2 is 2.04 bits per heavy atom. The van der Waals surface area contributed by atoms with Crippen molar-refractivity contribution in [1.82, 2.24) is 5.32 Å². The first-order valence-electron chi connectivity index (χ1n) is 8.57. The molecule has 0 aromatic heterocycles. The molecule has 1 atom stereocenters. The molecule has 2 N–H and O–H groups in total. The summed E-state index contributed by atoms with van der Waals surface area (Å²) in [6.07, 6.45) is -0.313. The molecule has 1 aliphatic heterocycles. The number of halogens is 2. The summed E-state index contributed by atoms with van der Waals surface area (Å²) in [5, 5.41) is 12.4. The van der Waals surface area contributed by atoms with Crippen molar-refractivity contribution in [2.45, 2.75) is 58.0 Å². The lowest BCUT2D eigenvalue weighted by Crippen LogP contribution is -2.65. The second-order valence-corrected chi connectivity index (χ2v) is 11.2. The maximum atomic E-state index is 13.6. The SMILES string of the molecule is CC(OC(=O)C1(NCc2ccc(Cl)c(F)c2)C[SiH](C(=O)O)C1)C(C)(C)C. The number of benzene rings is 1. The van der Waals surface area contributed by atoms with Crippen molar-refractivity contribution in [3.8, 4) is 0 Å². The van der Waals surface area contributed by atoms with Crippen LogP contribution in [0, 0.1) is 11.2 Å². The topological polar surface area (TPSA) is 75.6 Å². The number of carbonyl (C=O) groups is 2. The molecule has 1 heterocycles. The lowest BCUT2D eigenvalue weighted by molar-refractivity contribution is -0.161. The van der Waals surface area contributed by atoms with Crippen molar-refractivity contribution < 1.29 is 23.8 Å². The number of carboxylic acid groups (broad SMARTS) is 1. The first-order valence-corrected chi connectivity index (χ1v) is 11.2. The Labute approximate surface area is 159 Å². The van der Waals surface area contributed by atoms with Gasteiger partial charge in [0.15, 0.2) is 8.80 Å². The van der Waals surface area contributed by atoms with E-state index in [0.717, 1.165) is 0 Å². The molecule has 0 saturated carbocycles. The third-order valence-electron chi connectivity index (χ3n) is 5.05. The van der Waals surface area contributed by atoms with Gasteiger partial charge in [0.1, 0.15) is 17.5 Å². The first kappa shape index (κ1) is 20.9. The number of nitrogens with one attached hydrogen (secondary N) is 1. The minimum absolute atomic E-state index is 0.0314. The average Bonchev–Trinajstić information content (AvgIpc) is 2.48. The predicted molar refractivity (Wildman–Crippen MR) is 101 cm³/mol. The van der Waals surface area contributed by atoms with Crippen LogP contribution in [0.25, 0.3) is 0 Å². The van der Waals surface area contributed by atoms with Gasteiger partial charge in [-0.15, -0.1) is 0 Å². The van der Waals surface area contributed by atoms with Gasteiger partial charge in [0.2, 0.25) is 0 Å². The van der Waals surface area contributed by atoms with Gasteiger partial charge in [-0.3, -0.25) is 14.9 Å². The van der Waals surface area contributed by atoms with Crippen LogP contribution in [0.2, 0.25) is 17.1 Å². The van der Waals surface area contributed by atoms with E-state index in [0.29, 0.717) is 5.56 Å². The highest BCUT2D eigenvalue weighted by Crippen LogP contribution is 2.37. The van der Waals surface area contributed by atoms with Gasteiger partial charge in [-0.2, -0.15) is 0 Å². The van der Waals surface area contributed by atoms with Gasteiger partial charge in [-0.05, 0) is 42.1 Å². The molecular weight excluding hydrogens is 377 g/mol. The molecule has 1 aromatic carbocycles. The van der Waals surface area contributed by atoms with E-state index in [1.807, 2.05) is 27.7 Å². The highest BCUT2D eigenvalue weighted by molar-refractivity contribution is 6.91. The van der Waals surface area contributed by atoms with Crippen LogP contribution in [-0.2, 0) is 16.1 Å². The van der Waals surface area contributed by atoms with Crippen LogP contribution < -0.4 is 5.32 Å². The number of hydrogen-bond acceptors (Lipinski definition) is 4. The fraction of sp³-hybridized carbons (Fsp3) is 0.556. The Hall–Kier alpha value is -1.44. The molecule has 8 heteroatoms. The van der Waals surface area contributed by atoms with E-state index in [-0.39, 0.29) is 35.2 Å². The quantitative estimate of drug-likeness (QED) is 0.560. The number of esters is 1. The summed E-state index contributed by atoms with van der Waals surface area (Å²) in [5.74, 6) is -0.963. The van der Waals surface area contributed by atoms with Gasteiger partial charge in [0, 0.05) is 6.54 Å². The number of ether oxygens (including phenoxy) is 1. The van der Waals surface area contributed by atoms with Gasteiger partial charge >= 0.3 is 5.97 Å². The van der Waals surface area contributed by atoms with Gasteiger partial charge in [0.05, 0.1) is 5.02 Å². The van der Waals surface area contributed by atoms with Crippen LogP contribution in [-0.4, -0.2) is 37.1 Å². The van der Waals surface area contributed by atoms with Crippen LogP contribution in [0.1, 0.15) is 33.3 Å². The molecule has 0 bridgehead atoms. The van der Waals surface area contributed by atoms with Crippen molar-refractivity contribution in [2.24, 2.45) is 5.41 Å². The Morgan fingerprint density at radius 3 is 2.54 bits per heavy atom. The summed E-state index contributed by atoms with van der Waals surface area (Å²) < 4.78 is 19.2. The van der Waals surface area contributed by atoms with Crippen molar-refractivity contribution in [3.63, 3.8) is 0 Å². The van der Waals surface area contributed by atoms with E-state index in [1.165, 1.54) is 12.1 Å². The standard InChI is InChI=1S/C18H25ClFNO4Si/c1-11(17(2,3)4)25-15(22)18(9-26(10-18)16(23)24)21-8-12-5-6-13(19)14(20)7-12/h5-7,11,21,26H,8-10H2,1-4H3,(H,23,24). The largest absolute Gasteiger partial charge is 0.486 e. The molecule has 1 unspecified atom stereocenters. The molecule has 26 heavy (non-hydrogen) atoms. The molecule has 1 aliphatic rings. The van der Waals surface area contributed by atoms with Crippen LogP contribution in [0.4, 0.5) is 9.18 Å². The zero-order valence-electron chi connectivity index (χ0n) is 15.4. The van der Waals surface area contributed by atoms with Gasteiger partial charge in [-0.1, -0.05) is 38.4 Å². The first-order chi connectivity index (χ1) is 11.9. The van der Waals surface area contributed by atoms with E-state index in [4.69, 9.17) is 16.3 Å². The highest BCUT2D eigenvalue weighted by atomic mass is 35.5. The fourth-order valence-electron chi connectivity index (χ4n) is 2.71. The van der Waals surface area contributed by atoms with Gasteiger partial charge in [-0.25, -0.2) is 4.39 Å². The molecule has 1 saturated heterocycles. The third-order valence-corrected chi connectivity index (χ3v) is 8.43. The zero-order valence-corrected chi connectivity index (χ0v) is 17.3. The second kappa shape index (κ2) is 7.66. The van der Waals surface area contributed by atoms with E-state index in [9.17, 15) is 19.1 Å². The molecule has 0 radical (unpaired) electrons. The van der Waals surface area contributed by atoms with Crippen molar-refractivity contribution in [3.05, 3.63) is 34.6 Å². The Bertz CT molecular complexity index is 701. The Kier molecular flexibility index (Phi) is 6.15. The van der Waals surface area contributed by atoms with Crippen molar-refractivity contribution in [1.29, 1.82) is 0 Å². The van der Waals surface area contributed by atoms with E-state index < -0.39 is 31.7 Å². The number of carbonyl (C=O) groups excluding carboxylic acids is 1. The lowest BCUT2D eigenvalue weighted by atomic mass is 9.90. The maximum absolute atomic E-state index is 13.6. The van der Waals surface area contributed by atoms with E-state index in [1.54, 1.807) is 6.07 Å². The summed E-state index contributed by atoms with van der Waals surface area (Å²) in [6.45, 7) is 7.96. The third kappa shape index (κ3) is 4.63. The average molecular weight is 402 g/mol. The highest BCUT2D eigenvalue weighted by Gasteiger charge is 2.55. The molecule has 1 aromatic rings. The van der Waals surface area contributed by atoms with Gasteiger partial charge < -0.3 is 9.84 Å². The Balaban J connectivity index is 2.11.